The molecule has 0 fully saturated rings. The summed E-state index contributed by atoms with van der Waals surface area (Å²) in [4.78, 5) is 22.7. The zero-order valence-electron chi connectivity index (χ0n) is 11.3. The Bertz CT molecular complexity index is 552. The number of methoxy groups -OCH3 is 1. The number of esters is 1. The highest BCUT2D eigenvalue weighted by Gasteiger charge is 2.13. The number of allylic oxidation sites excluding steroid dienone is 1. The molecule has 1 amide bonds. The number of benzene rings is 1. The summed E-state index contributed by atoms with van der Waals surface area (Å²) in [6.45, 7) is 1.87. The third-order valence-electron chi connectivity index (χ3n) is 2.12. The number of hydrogen-bond donors (Lipinski definition) is 1. The summed E-state index contributed by atoms with van der Waals surface area (Å²) in [6.07, 6.45) is 0.521. The van der Waals surface area contributed by atoms with Crippen molar-refractivity contribution in [2.24, 2.45) is 0 Å². The van der Waals surface area contributed by atoms with Crippen molar-refractivity contribution in [1.82, 2.24) is 5.32 Å². The van der Waals surface area contributed by atoms with Gasteiger partial charge >= 0.3 is 12.1 Å². The molecule has 104 valence electrons. The minimum atomic E-state index is -0.759. The number of nitrogens with one attached hydrogen (secondary N) is 1. The van der Waals surface area contributed by atoms with Crippen molar-refractivity contribution in [3.05, 3.63) is 47.7 Å². The van der Waals surface area contributed by atoms with Gasteiger partial charge in [-0.05, 0) is 19.1 Å². The van der Waals surface area contributed by atoms with E-state index >= 15 is 0 Å². The highest BCUT2D eigenvalue weighted by Crippen LogP contribution is 1.97. The fourth-order valence-corrected chi connectivity index (χ4v) is 1.23. The fraction of sp³-hybridized carbons (Fsp3) is 0.200. The first-order chi connectivity index (χ1) is 9.67. The van der Waals surface area contributed by atoms with Crippen molar-refractivity contribution in [2.75, 3.05) is 13.7 Å². The van der Waals surface area contributed by atoms with Crippen LogP contribution in [0.1, 0.15) is 12.5 Å². The first-order valence-corrected chi connectivity index (χ1v) is 5.96. The molecule has 1 aromatic rings. The van der Waals surface area contributed by atoms with E-state index in [9.17, 15) is 9.59 Å². The van der Waals surface area contributed by atoms with Crippen LogP contribution in [0.4, 0.5) is 4.79 Å². The Morgan fingerprint density at radius 1 is 1.30 bits per heavy atom. The van der Waals surface area contributed by atoms with Gasteiger partial charge in [-0.1, -0.05) is 30.0 Å². The molecule has 0 aliphatic rings. The molecule has 0 saturated carbocycles. The molecule has 0 saturated heterocycles. The Balaban J connectivity index is 2.87. The van der Waals surface area contributed by atoms with Gasteiger partial charge in [0.1, 0.15) is 5.70 Å². The van der Waals surface area contributed by atoms with Crippen molar-refractivity contribution >= 4 is 12.1 Å². The monoisotopic (exact) mass is 273 g/mol. The van der Waals surface area contributed by atoms with Gasteiger partial charge in [-0.3, -0.25) is 5.32 Å². The Kier molecular flexibility index (Phi) is 6.42. The van der Waals surface area contributed by atoms with E-state index < -0.39 is 12.1 Å². The van der Waals surface area contributed by atoms with Crippen LogP contribution in [0.5, 0.6) is 0 Å². The molecule has 5 nitrogen and oxygen atoms in total. The zero-order valence-corrected chi connectivity index (χ0v) is 11.3. The SMILES string of the molecule is CCOC(=O)/C(=C/C#Cc1ccccc1)NC(=O)OC. The molecular formula is C15H15NO4. The molecule has 0 spiro atoms. The van der Waals surface area contributed by atoms with E-state index in [0.717, 1.165) is 5.56 Å². The topological polar surface area (TPSA) is 64.6 Å². The van der Waals surface area contributed by atoms with E-state index in [-0.39, 0.29) is 12.3 Å². The van der Waals surface area contributed by atoms with Gasteiger partial charge in [0.05, 0.1) is 13.7 Å². The second-order valence-corrected chi connectivity index (χ2v) is 3.53. The molecule has 0 aliphatic heterocycles. The van der Waals surface area contributed by atoms with Crippen LogP contribution >= 0.6 is 0 Å². The zero-order chi connectivity index (χ0) is 14.8. The lowest BCUT2D eigenvalue weighted by molar-refractivity contribution is -0.138. The summed E-state index contributed by atoms with van der Waals surface area (Å²) >= 11 is 0. The van der Waals surface area contributed by atoms with Gasteiger partial charge < -0.3 is 9.47 Å². The molecule has 20 heavy (non-hydrogen) atoms. The molecule has 0 radical (unpaired) electrons. The van der Waals surface area contributed by atoms with Crippen molar-refractivity contribution < 1.29 is 19.1 Å². The highest BCUT2D eigenvalue weighted by molar-refractivity contribution is 5.92. The summed E-state index contributed by atoms with van der Waals surface area (Å²) in [5.41, 5.74) is 0.729. The summed E-state index contributed by atoms with van der Waals surface area (Å²) in [5, 5.41) is 2.26. The Labute approximate surface area is 117 Å². The predicted octanol–water partition coefficient (Wildman–Crippen LogP) is 1.84. The van der Waals surface area contributed by atoms with Crippen molar-refractivity contribution in [2.45, 2.75) is 6.92 Å². The minimum absolute atomic E-state index is 0.0675. The van der Waals surface area contributed by atoms with Crippen LogP contribution in [0, 0.1) is 11.8 Å². The molecule has 0 unspecified atom stereocenters. The summed E-state index contributed by atoms with van der Waals surface area (Å²) in [5.74, 6) is 4.86. The molecule has 1 N–H and O–H groups in total. The molecule has 0 bridgehead atoms. The van der Waals surface area contributed by atoms with Gasteiger partial charge in [0.25, 0.3) is 0 Å². The maximum Gasteiger partial charge on any atom is 0.411 e. The van der Waals surface area contributed by atoms with Crippen LogP contribution < -0.4 is 5.32 Å². The van der Waals surface area contributed by atoms with Crippen molar-refractivity contribution in [1.29, 1.82) is 0 Å². The van der Waals surface area contributed by atoms with Gasteiger partial charge in [-0.25, -0.2) is 9.59 Å². The van der Waals surface area contributed by atoms with Gasteiger partial charge in [-0.2, -0.15) is 0 Å². The maximum absolute atomic E-state index is 11.6. The second kappa shape index (κ2) is 8.38. The molecular weight excluding hydrogens is 258 g/mol. The van der Waals surface area contributed by atoms with Crippen LogP contribution in [0.25, 0.3) is 0 Å². The molecule has 0 aliphatic carbocycles. The number of alkyl carbamates (subject to hydrolysis) is 1. The van der Waals surface area contributed by atoms with Gasteiger partial charge in [0, 0.05) is 11.6 Å². The number of hydrogen-bond acceptors (Lipinski definition) is 4. The number of amides is 1. The lowest BCUT2D eigenvalue weighted by Crippen LogP contribution is -2.28. The van der Waals surface area contributed by atoms with Crippen LogP contribution in [0.3, 0.4) is 0 Å². The molecule has 0 atom stereocenters. The lowest BCUT2D eigenvalue weighted by atomic mass is 10.2. The van der Waals surface area contributed by atoms with Crippen LogP contribution in [0.15, 0.2) is 42.1 Å². The minimum Gasteiger partial charge on any atom is -0.461 e. The van der Waals surface area contributed by atoms with E-state index in [1.807, 2.05) is 30.3 Å². The first kappa shape index (κ1) is 15.3. The standard InChI is InChI=1S/C15H15NO4/c1-3-20-14(17)13(16-15(18)19-2)11-7-10-12-8-5-4-6-9-12/h4-6,8-9,11H,3H2,1-2H3,(H,16,18)/b13-11-. The highest BCUT2D eigenvalue weighted by atomic mass is 16.5. The normalized spacial score (nSPS) is 10.0. The molecule has 5 heteroatoms. The first-order valence-electron chi connectivity index (χ1n) is 5.96. The van der Waals surface area contributed by atoms with Crippen LogP contribution in [-0.2, 0) is 14.3 Å². The van der Waals surface area contributed by atoms with E-state index in [1.165, 1.54) is 13.2 Å². The number of carbonyl (C=O) groups is 2. The van der Waals surface area contributed by atoms with Gasteiger partial charge in [0.15, 0.2) is 0 Å². The number of rotatable bonds is 3. The maximum atomic E-state index is 11.6. The fourth-order valence-electron chi connectivity index (χ4n) is 1.23. The molecule has 0 aromatic heterocycles. The molecule has 1 aromatic carbocycles. The molecule has 1 rings (SSSR count). The lowest BCUT2D eigenvalue weighted by Gasteiger charge is -2.06. The van der Waals surface area contributed by atoms with Crippen LogP contribution in [-0.4, -0.2) is 25.8 Å². The van der Waals surface area contributed by atoms with E-state index in [0.29, 0.717) is 0 Å². The van der Waals surface area contributed by atoms with E-state index in [1.54, 1.807) is 6.92 Å². The second-order valence-electron chi connectivity index (χ2n) is 3.53. The van der Waals surface area contributed by atoms with Gasteiger partial charge in [-0.15, -0.1) is 0 Å². The molecule has 0 heterocycles. The third-order valence-corrected chi connectivity index (χ3v) is 2.12. The predicted molar refractivity (Wildman–Crippen MR) is 73.6 cm³/mol. The van der Waals surface area contributed by atoms with Crippen molar-refractivity contribution in [3.63, 3.8) is 0 Å². The summed E-state index contributed by atoms with van der Waals surface area (Å²) in [7, 11) is 1.20. The Hall–Kier alpha value is -2.74. The van der Waals surface area contributed by atoms with Gasteiger partial charge in [0.2, 0.25) is 0 Å². The smallest absolute Gasteiger partial charge is 0.411 e. The largest absolute Gasteiger partial charge is 0.461 e. The van der Waals surface area contributed by atoms with Crippen LogP contribution in [0.2, 0.25) is 0 Å². The Morgan fingerprint density at radius 2 is 2.00 bits per heavy atom. The number of ether oxygens (including phenoxy) is 2. The van der Waals surface area contributed by atoms with Crippen molar-refractivity contribution in [3.8, 4) is 11.8 Å². The summed E-state index contributed by atoms with van der Waals surface area (Å²) in [6, 6.07) is 9.25. The average molecular weight is 273 g/mol. The number of carbonyl (C=O) groups excluding carboxylic acids is 2. The average Bonchev–Trinajstić information content (AvgIpc) is 2.47. The third kappa shape index (κ3) is 5.27. The van der Waals surface area contributed by atoms with E-state index in [4.69, 9.17) is 4.74 Å². The van der Waals surface area contributed by atoms with E-state index in [2.05, 4.69) is 21.9 Å². The summed E-state index contributed by atoms with van der Waals surface area (Å²) < 4.78 is 9.23. The quantitative estimate of drug-likeness (QED) is 0.518. The Morgan fingerprint density at radius 3 is 2.60 bits per heavy atom.